The average molecular weight is 505 g/mol. The molecule has 2 saturated heterocycles. The van der Waals surface area contributed by atoms with Crippen LogP contribution in [0.15, 0.2) is 115 Å². The summed E-state index contributed by atoms with van der Waals surface area (Å²) in [6.07, 6.45) is -0.924. The molecule has 0 unspecified atom stereocenters. The van der Waals surface area contributed by atoms with Crippen LogP contribution in [-0.4, -0.2) is 28.8 Å². The molecule has 188 valence electrons. The van der Waals surface area contributed by atoms with Crippen molar-refractivity contribution in [1.82, 2.24) is 4.90 Å². The number of fused-ring (bicyclic) bond motifs is 1. The number of rotatable bonds is 6. The van der Waals surface area contributed by atoms with Crippen LogP contribution in [0.25, 0.3) is 0 Å². The quantitative estimate of drug-likeness (QED) is 0.210. The van der Waals surface area contributed by atoms with Gasteiger partial charge in [0.2, 0.25) is 5.91 Å². The van der Waals surface area contributed by atoms with Crippen LogP contribution < -0.4 is 9.80 Å². The van der Waals surface area contributed by atoms with Crippen LogP contribution in [0, 0.1) is 5.92 Å². The lowest BCUT2D eigenvalue weighted by atomic mass is 9.90. The van der Waals surface area contributed by atoms with Crippen LogP contribution >= 0.6 is 0 Å². The standard InChI is InChI=1S/C31H24N2O5/c34-29-26-27(22-16-18-25(19-17-22)37-31(36)23-12-6-2-7-13-23)33(24-14-8-3-9-15-24)38-28(26)30(35)32(29)20-21-10-4-1-5-11-21/h1-19,26-28H,20H2/t26-,27-,28-/m0/s1. The lowest BCUT2D eigenvalue weighted by molar-refractivity contribution is -0.143. The predicted molar refractivity (Wildman–Crippen MR) is 140 cm³/mol. The third kappa shape index (κ3) is 4.33. The molecule has 6 rings (SSSR count). The third-order valence-electron chi connectivity index (χ3n) is 6.84. The molecule has 2 aliphatic heterocycles. The van der Waals surface area contributed by atoms with E-state index in [0.29, 0.717) is 11.3 Å². The Morgan fingerprint density at radius 2 is 1.34 bits per heavy atom. The summed E-state index contributed by atoms with van der Waals surface area (Å²) in [6.45, 7) is 0.196. The first kappa shape index (κ1) is 23.6. The molecular formula is C31H24N2O5. The van der Waals surface area contributed by atoms with Gasteiger partial charge in [0, 0.05) is 0 Å². The van der Waals surface area contributed by atoms with Gasteiger partial charge in [0.15, 0.2) is 6.10 Å². The molecule has 0 aliphatic carbocycles. The van der Waals surface area contributed by atoms with Crippen LogP contribution in [0.2, 0.25) is 0 Å². The number of para-hydroxylation sites is 1. The number of esters is 1. The predicted octanol–water partition coefficient (Wildman–Crippen LogP) is 4.95. The fourth-order valence-corrected chi connectivity index (χ4v) is 5.00. The van der Waals surface area contributed by atoms with Crippen molar-refractivity contribution in [3.05, 3.63) is 132 Å². The van der Waals surface area contributed by atoms with Gasteiger partial charge in [-0.3, -0.25) is 19.3 Å². The minimum Gasteiger partial charge on any atom is -0.423 e. The van der Waals surface area contributed by atoms with Gasteiger partial charge in [-0.05, 0) is 47.5 Å². The monoisotopic (exact) mass is 504 g/mol. The largest absolute Gasteiger partial charge is 0.423 e. The van der Waals surface area contributed by atoms with Gasteiger partial charge in [0.1, 0.15) is 11.7 Å². The van der Waals surface area contributed by atoms with Gasteiger partial charge in [0.05, 0.1) is 23.8 Å². The molecule has 7 nitrogen and oxygen atoms in total. The SMILES string of the molecule is O=C(Oc1ccc([C@H]2[C@@H]3C(=O)N(Cc4ccccc4)C(=O)[C@H]3ON2c2ccccc2)cc1)c1ccccc1. The van der Waals surface area contributed by atoms with E-state index < -0.39 is 24.0 Å². The fraction of sp³-hybridized carbons (Fsp3) is 0.129. The van der Waals surface area contributed by atoms with Crippen molar-refractivity contribution in [2.24, 2.45) is 5.92 Å². The molecule has 2 heterocycles. The van der Waals surface area contributed by atoms with E-state index in [0.717, 1.165) is 16.8 Å². The Morgan fingerprint density at radius 3 is 2.00 bits per heavy atom. The zero-order valence-electron chi connectivity index (χ0n) is 20.3. The molecule has 4 aromatic rings. The van der Waals surface area contributed by atoms with E-state index in [-0.39, 0.29) is 18.4 Å². The zero-order valence-corrected chi connectivity index (χ0v) is 20.3. The number of amides is 2. The fourth-order valence-electron chi connectivity index (χ4n) is 5.00. The second-order valence-corrected chi connectivity index (χ2v) is 9.23. The highest BCUT2D eigenvalue weighted by Gasteiger charge is 2.59. The van der Waals surface area contributed by atoms with E-state index in [4.69, 9.17) is 9.57 Å². The molecule has 0 saturated carbocycles. The first-order valence-electron chi connectivity index (χ1n) is 12.4. The molecule has 0 bridgehead atoms. The van der Waals surface area contributed by atoms with Crippen molar-refractivity contribution in [3.63, 3.8) is 0 Å². The summed E-state index contributed by atoms with van der Waals surface area (Å²) in [5.74, 6) is -1.41. The summed E-state index contributed by atoms with van der Waals surface area (Å²) in [5.41, 5.74) is 2.83. The van der Waals surface area contributed by atoms with E-state index >= 15 is 0 Å². The molecule has 38 heavy (non-hydrogen) atoms. The highest BCUT2D eigenvalue weighted by molar-refractivity contribution is 6.07. The number of nitrogens with zero attached hydrogens (tertiary/aromatic N) is 2. The Kier molecular flexibility index (Phi) is 6.19. The van der Waals surface area contributed by atoms with Gasteiger partial charge in [-0.25, -0.2) is 9.86 Å². The summed E-state index contributed by atoms with van der Waals surface area (Å²) in [4.78, 5) is 47.0. The number of benzene rings is 4. The number of carbonyl (C=O) groups is 3. The Labute approximate surface area is 219 Å². The number of hydrogen-bond donors (Lipinski definition) is 0. The minimum absolute atomic E-state index is 0.196. The normalized spacial score (nSPS) is 20.5. The van der Waals surface area contributed by atoms with Crippen molar-refractivity contribution in [2.45, 2.75) is 18.7 Å². The molecule has 2 aliphatic rings. The van der Waals surface area contributed by atoms with E-state index in [9.17, 15) is 14.4 Å². The number of imide groups is 1. The average Bonchev–Trinajstić information content (AvgIpc) is 3.47. The van der Waals surface area contributed by atoms with Crippen molar-refractivity contribution in [3.8, 4) is 5.75 Å². The molecule has 0 aromatic heterocycles. The summed E-state index contributed by atoms with van der Waals surface area (Å²) >= 11 is 0. The molecule has 3 atom stereocenters. The lowest BCUT2D eigenvalue weighted by Gasteiger charge is -2.28. The topological polar surface area (TPSA) is 76.2 Å². The molecule has 2 fully saturated rings. The van der Waals surface area contributed by atoms with E-state index in [2.05, 4.69) is 0 Å². The van der Waals surface area contributed by atoms with Crippen molar-refractivity contribution in [2.75, 3.05) is 5.06 Å². The van der Waals surface area contributed by atoms with Crippen LogP contribution in [0.4, 0.5) is 5.69 Å². The van der Waals surface area contributed by atoms with Crippen LogP contribution in [0.5, 0.6) is 5.75 Å². The summed E-state index contributed by atoms with van der Waals surface area (Å²) in [7, 11) is 0. The second kappa shape index (κ2) is 9.95. The number of likely N-dealkylation sites (tertiary alicyclic amines) is 1. The van der Waals surface area contributed by atoms with Gasteiger partial charge in [-0.15, -0.1) is 0 Å². The van der Waals surface area contributed by atoms with Gasteiger partial charge in [0.25, 0.3) is 5.91 Å². The van der Waals surface area contributed by atoms with Gasteiger partial charge >= 0.3 is 5.97 Å². The number of hydroxylamine groups is 1. The Balaban J connectivity index is 1.29. The van der Waals surface area contributed by atoms with Gasteiger partial charge in [-0.1, -0.05) is 78.9 Å². The molecule has 4 aromatic carbocycles. The van der Waals surface area contributed by atoms with Crippen LogP contribution in [-0.2, 0) is 21.0 Å². The molecular weight excluding hydrogens is 480 g/mol. The highest BCUT2D eigenvalue weighted by atomic mass is 16.7. The molecule has 2 amide bonds. The maximum absolute atomic E-state index is 13.7. The molecule has 0 radical (unpaired) electrons. The summed E-state index contributed by atoms with van der Waals surface area (Å²) in [5, 5.41) is 1.65. The second-order valence-electron chi connectivity index (χ2n) is 9.23. The molecule has 0 N–H and O–H groups in total. The summed E-state index contributed by atoms with van der Waals surface area (Å²) < 4.78 is 5.52. The third-order valence-corrected chi connectivity index (χ3v) is 6.84. The Bertz CT molecular complexity index is 1460. The Hall–Kier alpha value is -4.75. The van der Waals surface area contributed by atoms with Crippen LogP contribution in [0.3, 0.4) is 0 Å². The number of anilines is 1. The van der Waals surface area contributed by atoms with E-state index in [1.54, 1.807) is 53.6 Å². The van der Waals surface area contributed by atoms with Crippen molar-refractivity contribution < 1.29 is 24.0 Å². The van der Waals surface area contributed by atoms with Gasteiger partial charge in [-0.2, -0.15) is 0 Å². The molecule has 7 heteroatoms. The lowest BCUT2D eigenvalue weighted by Crippen LogP contribution is -2.36. The highest BCUT2D eigenvalue weighted by Crippen LogP contribution is 2.47. The summed E-state index contributed by atoms with van der Waals surface area (Å²) in [6, 6.07) is 34.0. The smallest absolute Gasteiger partial charge is 0.343 e. The number of hydrogen-bond acceptors (Lipinski definition) is 6. The number of ether oxygens (including phenoxy) is 1. The van der Waals surface area contributed by atoms with E-state index in [1.807, 2.05) is 66.7 Å². The van der Waals surface area contributed by atoms with Crippen molar-refractivity contribution in [1.29, 1.82) is 0 Å². The Morgan fingerprint density at radius 1 is 0.737 bits per heavy atom. The van der Waals surface area contributed by atoms with Gasteiger partial charge < -0.3 is 4.74 Å². The van der Waals surface area contributed by atoms with Crippen molar-refractivity contribution >= 4 is 23.5 Å². The molecule has 0 spiro atoms. The first-order valence-corrected chi connectivity index (χ1v) is 12.4. The number of carbonyl (C=O) groups excluding carboxylic acids is 3. The maximum atomic E-state index is 13.7. The first-order chi connectivity index (χ1) is 18.6. The maximum Gasteiger partial charge on any atom is 0.343 e. The van der Waals surface area contributed by atoms with Crippen LogP contribution in [0.1, 0.15) is 27.5 Å². The zero-order chi connectivity index (χ0) is 26.1. The minimum atomic E-state index is -0.924. The van der Waals surface area contributed by atoms with E-state index in [1.165, 1.54) is 4.90 Å².